The van der Waals surface area contributed by atoms with Gasteiger partial charge >= 0.3 is 37.7 Å². The molecule has 0 aliphatic rings. The Hall–Kier alpha value is -2.84. The molecule has 10 nitrogen and oxygen atoms in total. The van der Waals surface area contributed by atoms with Crippen LogP contribution >= 0.6 is 0 Å². The third-order valence-electron chi connectivity index (χ3n) is 7.86. The Labute approximate surface area is 332 Å². The Morgan fingerprint density at radius 1 is 0.588 bits per heavy atom. The first-order chi connectivity index (χ1) is 23.8. The maximum Gasteiger partial charge on any atom is 2.00 e. The van der Waals surface area contributed by atoms with E-state index in [4.69, 9.17) is 9.47 Å². The largest absolute Gasteiger partial charge is 2.00 e. The number of benzene rings is 4. The van der Waals surface area contributed by atoms with E-state index in [2.05, 4.69) is 13.8 Å². The average molecular weight is 767 g/mol. The molecule has 0 aromatic heterocycles. The van der Waals surface area contributed by atoms with E-state index in [9.17, 15) is 36.2 Å². The zero-order valence-corrected chi connectivity index (χ0v) is 33.1. The second-order valence-corrected chi connectivity index (χ2v) is 14.7. The number of hydrogen-bond donors (Lipinski definition) is 2. The van der Waals surface area contributed by atoms with Gasteiger partial charge in [-0.2, -0.15) is 8.42 Å². The molecule has 0 unspecified atom stereocenters. The summed E-state index contributed by atoms with van der Waals surface area (Å²) < 4.78 is 78.0. The van der Waals surface area contributed by atoms with Crippen LogP contribution in [0.5, 0.6) is 34.5 Å². The van der Waals surface area contributed by atoms with Gasteiger partial charge < -0.3 is 24.2 Å². The van der Waals surface area contributed by atoms with Gasteiger partial charge in [0.1, 0.15) is 32.3 Å². The standard InChI is InChI=1S/2C19H24O5S.Ca/c2*1-2-3-4-5-6-9-15-12-13-19(25(21,22)23)18(14-15)24-17-11-8-7-10-16(17)20;/h2*7-8,10-14,20H,2-6,9H2,1H3,(H,21,22,23);/q;;+2/p-2. The predicted molar refractivity (Wildman–Crippen MR) is 195 cm³/mol. The van der Waals surface area contributed by atoms with Crippen LogP contribution in [0.25, 0.3) is 0 Å². The van der Waals surface area contributed by atoms with E-state index in [0.717, 1.165) is 56.1 Å². The van der Waals surface area contributed by atoms with Crippen LogP contribution in [0.1, 0.15) is 89.2 Å². The van der Waals surface area contributed by atoms with Crippen molar-refractivity contribution in [2.75, 3.05) is 0 Å². The Balaban J connectivity index is 0.000000347. The Kier molecular flexibility index (Phi) is 19.4. The van der Waals surface area contributed by atoms with Crippen molar-refractivity contribution in [2.45, 2.75) is 101 Å². The molecule has 0 amide bonds. The van der Waals surface area contributed by atoms with Crippen molar-refractivity contribution < 1.29 is 45.6 Å². The fourth-order valence-corrected chi connectivity index (χ4v) is 6.35. The third kappa shape index (κ3) is 15.3. The molecule has 13 heteroatoms. The summed E-state index contributed by atoms with van der Waals surface area (Å²) >= 11 is 0. The van der Waals surface area contributed by atoms with Crippen LogP contribution in [0.3, 0.4) is 0 Å². The number of hydrogen-bond acceptors (Lipinski definition) is 9. The van der Waals surface area contributed by atoms with Gasteiger partial charge in [0.05, 0.1) is 4.90 Å². The molecule has 4 aromatic rings. The topological polar surface area (TPSA) is 173 Å². The van der Waals surface area contributed by atoms with Crippen LogP contribution in [-0.4, -0.2) is 68.8 Å². The summed E-state index contributed by atoms with van der Waals surface area (Å²) in [5, 5.41) is 21.6. The molecule has 0 saturated heterocycles. The van der Waals surface area contributed by atoms with E-state index in [0.29, 0.717) is 0 Å². The van der Waals surface area contributed by atoms with Crippen molar-refractivity contribution in [3.8, 4) is 34.5 Å². The van der Waals surface area contributed by atoms with Gasteiger partial charge in [0.25, 0.3) is 10.1 Å². The average Bonchev–Trinajstić information content (AvgIpc) is 3.06. The van der Waals surface area contributed by atoms with Gasteiger partial charge in [0.15, 0.2) is 11.5 Å². The predicted octanol–water partition coefficient (Wildman–Crippen LogP) is 8.53. The molecular formula is C38H46CaO10S2. The van der Waals surface area contributed by atoms with E-state index in [-0.39, 0.29) is 77.1 Å². The Bertz CT molecular complexity index is 1740. The monoisotopic (exact) mass is 766 g/mol. The van der Waals surface area contributed by atoms with Gasteiger partial charge in [-0.3, -0.25) is 4.55 Å². The molecule has 0 radical (unpaired) electrons. The van der Waals surface area contributed by atoms with Crippen molar-refractivity contribution in [3.63, 3.8) is 0 Å². The van der Waals surface area contributed by atoms with Gasteiger partial charge in [-0.05, 0) is 79.3 Å². The van der Waals surface area contributed by atoms with Crippen molar-refractivity contribution in [2.24, 2.45) is 0 Å². The number of rotatable bonds is 18. The summed E-state index contributed by atoms with van der Waals surface area (Å²) in [6.07, 6.45) is 12.8. The molecule has 2 N–H and O–H groups in total. The van der Waals surface area contributed by atoms with E-state index < -0.39 is 25.1 Å². The number of unbranched alkanes of at least 4 members (excludes halogenated alkanes) is 8. The van der Waals surface area contributed by atoms with Crippen molar-refractivity contribution in [3.05, 3.63) is 96.1 Å². The molecule has 51 heavy (non-hydrogen) atoms. The number of aromatic hydroxyl groups is 1. The minimum absolute atomic E-state index is 0. The minimum Gasteiger partial charge on any atom is -0.870 e. The van der Waals surface area contributed by atoms with Crippen molar-refractivity contribution >= 4 is 58.0 Å². The molecule has 0 bridgehead atoms. The zero-order chi connectivity index (χ0) is 36.6. The summed E-state index contributed by atoms with van der Waals surface area (Å²) in [6.45, 7) is 4.32. The van der Waals surface area contributed by atoms with Gasteiger partial charge in [0, 0.05) is 0 Å². The fourth-order valence-electron chi connectivity index (χ4n) is 5.18. The van der Waals surface area contributed by atoms with E-state index in [1.807, 2.05) is 0 Å². The quantitative estimate of drug-likeness (QED) is 0.0568. The third-order valence-corrected chi connectivity index (χ3v) is 9.62. The molecule has 0 atom stereocenters. The molecule has 0 saturated carbocycles. The van der Waals surface area contributed by atoms with E-state index in [1.54, 1.807) is 42.5 Å². The van der Waals surface area contributed by atoms with Gasteiger partial charge in [-0.1, -0.05) is 113 Å². The summed E-state index contributed by atoms with van der Waals surface area (Å²) in [6, 6.07) is 21.3. The normalized spacial score (nSPS) is 11.2. The summed E-state index contributed by atoms with van der Waals surface area (Å²) in [7, 11) is -9.12. The van der Waals surface area contributed by atoms with Crippen molar-refractivity contribution in [1.82, 2.24) is 0 Å². The van der Waals surface area contributed by atoms with Crippen LogP contribution in [0.15, 0.2) is 94.7 Å². The first-order valence-corrected chi connectivity index (χ1v) is 19.8. The minimum atomic E-state index is -4.69. The first kappa shape index (κ1) is 44.3. The zero-order valence-electron chi connectivity index (χ0n) is 29.3. The second kappa shape index (κ2) is 22.3. The van der Waals surface area contributed by atoms with Gasteiger partial charge in [-0.25, -0.2) is 8.42 Å². The first-order valence-electron chi connectivity index (χ1n) is 16.9. The maximum atomic E-state index is 11.8. The Morgan fingerprint density at radius 3 is 1.53 bits per heavy atom. The van der Waals surface area contributed by atoms with Crippen LogP contribution in [0, 0.1) is 0 Å². The molecule has 4 aromatic carbocycles. The molecular weight excluding hydrogens is 721 g/mol. The van der Waals surface area contributed by atoms with Crippen molar-refractivity contribution in [1.29, 1.82) is 0 Å². The molecule has 0 aliphatic carbocycles. The smallest absolute Gasteiger partial charge is 0.870 e. The number of phenolic OH excluding ortho intramolecular Hbond substituents is 1. The molecule has 0 spiro atoms. The molecule has 0 fully saturated rings. The number of ether oxygens (including phenoxy) is 2. The second-order valence-electron chi connectivity index (χ2n) is 11.9. The molecule has 272 valence electrons. The molecule has 4 rings (SSSR count). The van der Waals surface area contributed by atoms with Gasteiger partial charge in [0.2, 0.25) is 0 Å². The van der Waals surface area contributed by atoms with E-state index >= 15 is 0 Å². The van der Waals surface area contributed by atoms with Crippen LogP contribution in [0.2, 0.25) is 0 Å². The van der Waals surface area contributed by atoms with Crippen LogP contribution in [0.4, 0.5) is 0 Å². The summed E-state index contributed by atoms with van der Waals surface area (Å²) in [5.74, 6) is -0.435. The number of para-hydroxylation sites is 4. The van der Waals surface area contributed by atoms with Gasteiger partial charge in [-0.15, -0.1) is 0 Å². The summed E-state index contributed by atoms with van der Waals surface area (Å²) in [5.41, 5.74) is 1.80. The molecule has 0 heterocycles. The Morgan fingerprint density at radius 2 is 1.04 bits per heavy atom. The van der Waals surface area contributed by atoms with Crippen LogP contribution < -0.4 is 14.6 Å². The SMILES string of the molecule is CCCCCCCc1ccc(S(=O)(=O)O)c(Oc2ccccc2O)c1.CCCCCCCc1ccc(S(=O)(=O)[O-])c(Oc2ccccc2[O-])c1.[Ca+2]. The fraction of sp³-hybridized carbons (Fsp3) is 0.368. The number of aryl methyl sites for hydroxylation is 2. The maximum absolute atomic E-state index is 11.8. The molecule has 0 aliphatic heterocycles. The van der Waals surface area contributed by atoms with E-state index in [1.165, 1.54) is 74.6 Å². The number of phenols is 1. The summed E-state index contributed by atoms with van der Waals surface area (Å²) in [4.78, 5) is -0.768. The van der Waals surface area contributed by atoms with Crippen LogP contribution in [-0.2, 0) is 33.1 Å².